The van der Waals surface area contributed by atoms with Crippen molar-refractivity contribution >= 4 is 39.3 Å². The standard InChI is InChI=1S/C18H18BrN3O4/c19-15-8-7-14(26-15)18(25)21-10-16(23)20-9-11-1-5-13(6-2-11)22-17(24)12-3-4-12/h1-2,5-8,12H,3-4,9-10H2,(H,20,23)(H,21,25)(H,22,24). The smallest absolute Gasteiger partial charge is 0.287 e. The second-order valence-electron chi connectivity index (χ2n) is 6.02. The Morgan fingerprint density at radius 3 is 2.38 bits per heavy atom. The Bertz CT molecular complexity index is 812. The molecule has 0 bridgehead atoms. The van der Waals surface area contributed by atoms with Crippen LogP contribution in [0.25, 0.3) is 0 Å². The molecule has 8 heteroatoms. The van der Waals surface area contributed by atoms with Gasteiger partial charge in [0, 0.05) is 18.2 Å². The van der Waals surface area contributed by atoms with Gasteiger partial charge in [0.05, 0.1) is 6.54 Å². The molecular formula is C18H18BrN3O4. The van der Waals surface area contributed by atoms with Gasteiger partial charge in [-0.05, 0) is 58.6 Å². The van der Waals surface area contributed by atoms with Crippen LogP contribution in [0, 0.1) is 5.92 Å². The number of benzene rings is 1. The SMILES string of the molecule is O=C(CNC(=O)c1ccc(Br)o1)NCc1ccc(NC(=O)C2CC2)cc1. The van der Waals surface area contributed by atoms with Gasteiger partial charge in [0.2, 0.25) is 11.8 Å². The zero-order valence-corrected chi connectivity index (χ0v) is 15.5. The molecule has 1 saturated carbocycles. The molecule has 1 heterocycles. The van der Waals surface area contributed by atoms with Gasteiger partial charge in [-0.1, -0.05) is 12.1 Å². The lowest BCUT2D eigenvalue weighted by Gasteiger charge is -2.08. The number of amides is 3. The average Bonchev–Trinajstić information content (AvgIpc) is 3.40. The molecule has 7 nitrogen and oxygen atoms in total. The number of carbonyl (C=O) groups excluding carboxylic acids is 3. The van der Waals surface area contributed by atoms with Crippen LogP contribution in [0.1, 0.15) is 29.0 Å². The summed E-state index contributed by atoms with van der Waals surface area (Å²) in [7, 11) is 0. The summed E-state index contributed by atoms with van der Waals surface area (Å²) in [6.07, 6.45) is 1.92. The molecular weight excluding hydrogens is 402 g/mol. The third kappa shape index (κ3) is 5.19. The lowest BCUT2D eigenvalue weighted by atomic mass is 10.2. The molecule has 3 N–H and O–H groups in total. The van der Waals surface area contributed by atoms with Gasteiger partial charge in [0.15, 0.2) is 10.4 Å². The van der Waals surface area contributed by atoms with Crippen LogP contribution in [0.5, 0.6) is 0 Å². The van der Waals surface area contributed by atoms with Crippen LogP contribution < -0.4 is 16.0 Å². The highest BCUT2D eigenvalue weighted by atomic mass is 79.9. The van der Waals surface area contributed by atoms with Gasteiger partial charge in [0.1, 0.15) is 0 Å². The number of hydrogen-bond donors (Lipinski definition) is 3. The van der Waals surface area contributed by atoms with Gasteiger partial charge in [-0.3, -0.25) is 14.4 Å². The zero-order valence-electron chi connectivity index (χ0n) is 13.9. The highest BCUT2D eigenvalue weighted by molar-refractivity contribution is 9.10. The van der Waals surface area contributed by atoms with Crippen LogP contribution in [-0.2, 0) is 16.1 Å². The normalized spacial score (nSPS) is 13.1. The van der Waals surface area contributed by atoms with Crippen LogP contribution >= 0.6 is 15.9 Å². The first-order valence-electron chi connectivity index (χ1n) is 8.21. The first-order chi connectivity index (χ1) is 12.5. The summed E-state index contributed by atoms with van der Waals surface area (Å²) < 4.78 is 5.56. The summed E-state index contributed by atoms with van der Waals surface area (Å²) in [6.45, 7) is 0.185. The van der Waals surface area contributed by atoms with Gasteiger partial charge < -0.3 is 20.4 Å². The minimum absolute atomic E-state index is 0.0605. The quantitative estimate of drug-likeness (QED) is 0.641. The summed E-state index contributed by atoms with van der Waals surface area (Å²) in [6, 6.07) is 10.4. The van der Waals surface area contributed by atoms with E-state index in [1.54, 1.807) is 18.2 Å². The molecule has 1 fully saturated rings. The summed E-state index contributed by atoms with van der Waals surface area (Å²) in [5.41, 5.74) is 1.64. The van der Waals surface area contributed by atoms with Crippen molar-refractivity contribution in [1.29, 1.82) is 0 Å². The monoisotopic (exact) mass is 419 g/mol. The Morgan fingerprint density at radius 1 is 1.04 bits per heavy atom. The highest BCUT2D eigenvalue weighted by Gasteiger charge is 2.29. The number of carbonyl (C=O) groups is 3. The second kappa shape index (κ2) is 8.18. The fraction of sp³-hybridized carbons (Fsp3) is 0.278. The molecule has 3 amide bonds. The van der Waals surface area contributed by atoms with Crippen LogP contribution in [0.3, 0.4) is 0 Å². The van der Waals surface area contributed by atoms with Gasteiger partial charge in [-0.25, -0.2) is 0 Å². The molecule has 26 heavy (non-hydrogen) atoms. The van der Waals surface area contributed by atoms with Crippen molar-refractivity contribution in [2.45, 2.75) is 19.4 Å². The Kier molecular flexibility index (Phi) is 5.72. The zero-order chi connectivity index (χ0) is 18.5. The van der Waals surface area contributed by atoms with E-state index in [0.29, 0.717) is 11.2 Å². The van der Waals surface area contributed by atoms with Crippen LogP contribution in [0.2, 0.25) is 0 Å². The number of rotatable bonds is 7. The predicted molar refractivity (Wildman–Crippen MR) is 98.4 cm³/mol. The van der Waals surface area contributed by atoms with Crippen molar-refractivity contribution in [3.05, 3.63) is 52.4 Å². The van der Waals surface area contributed by atoms with Gasteiger partial charge in [-0.15, -0.1) is 0 Å². The molecule has 0 spiro atoms. The van der Waals surface area contributed by atoms with Gasteiger partial charge >= 0.3 is 0 Å². The molecule has 1 aliphatic rings. The fourth-order valence-electron chi connectivity index (χ4n) is 2.24. The van der Waals surface area contributed by atoms with E-state index < -0.39 is 5.91 Å². The molecule has 2 aromatic rings. The molecule has 0 atom stereocenters. The largest absolute Gasteiger partial charge is 0.444 e. The molecule has 3 rings (SSSR count). The topological polar surface area (TPSA) is 100 Å². The molecule has 136 valence electrons. The van der Waals surface area contributed by atoms with E-state index in [2.05, 4.69) is 31.9 Å². The molecule has 1 aliphatic carbocycles. The first kappa shape index (κ1) is 18.2. The van der Waals surface area contributed by atoms with Crippen LogP contribution in [0.15, 0.2) is 45.5 Å². The molecule has 0 saturated heterocycles. The molecule has 0 radical (unpaired) electrons. The van der Waals surface area contributed by atoms with E-state index in [0.717, 1.165) is 24.1 Å². The summed E-state index contributed by atoms with van der Waals surface area (Å²) in [5, 5.41) is 8.06. The fourth-order valence-corrected chi connectivity index (χ4v) is 2.55. The van der Waals surface area contributed by atoms with Crippen molar-refractivity contribution in [3.63, 3.8) is 0 Å². The van der Waals surface area contributed by atoms with Crippen molar-refractivity contribution in [2.75, 3.05) is 11.9 Å². The minimum Gasteiger partial charge on any atom is -0.444 e. The number of furan rings is 1. The van der Waals surface area contributed by atoms with Gasteiger partial charge in [0.25, 0.3) is 5.91 Å². The minimum atomic E-state index is -0.457. The number of hydrogen-bond acceptors (Lipinski definition) is 4. The van der Waals surface area contributed by atoms with Crippen molar-refractivity contribution in [3.8, 4) is 0 Å². The van der Waals surface area contributed by atoms with Gasteiger partial charge in [-0.2, -0.15) is 0 Å². The number of nitrogens with one attached hydrogen (secondary N) is 3. The lowest BCUT2D eigenvalue weighted by Crippen LogP contribution is -2.36. The van der Waals surface area contributed by atoms with E-state index in [1.165, 1.54) is 6.07 Å². The Morgan fingerprint density at radius 2 is 1.77 bits per heavy atom. The highest BCUT2D eigenvalue weighted by Crippen LogP contribution is 2.30. The summed E-state index contributed by atoms with van der Waals surface area (Å²) in [5.74, 6) is -0.415. The van der Waals surface area contributed by atoms with Crippen molar-refractivity contribution < 1.29 is 18.8 Å². The van der Waals surface area contributed by atoms with Crippen molar-refractivity contribution in [2.24, 2.45) is 5.92 Å². The third-order valence-electron chi connectivity index (χ3n) is 3.87. The van der Waals surface area contributed by atoms with Crippen LogP contribution in [0.4, 0.5) is 5.69 Å². The Labute approximate surface area is 158 Å². The van der Waals surface area contributed by atoms with E-state index >= 15 is 0 Å². The third-order valence-corrected chi connectivity index (χ3v) is 4.29. The second-order valence-corrected chi connectivity index (χ2v) is 6.81. The van der Waals surface area contributed by atoms with E-state index in [4.69, 9.17) is 4.42 Å². The van der Waals surface area contributed by atoms with E-state index in [-0.39, 0.29) is 30.0 Å². The van der Waals surface area contributed by atoms with E-state index in [1.807, 2.05) is 12.1 Å². The van der Waals surface area contributed by atoms with E-state index in [9.17, 15) is 14.4 Å². The van der Waals surface area contributed by atoms with Crippen molar-refractivity contribution in [1.82, 2.24) is 10.6 Å². The lowest BCUT2D eigenvalue weighted by molar-refractivity contribution is -0.120. The number of anilines is 1. The first-order valence-corrected chi connectivity index (χ1v) is 9.00. The summed E-state index contributed by atoms with van der Waals surface area (Å²) >= 11 is 3.11. The maximum absolute atomic E-state index is 11.8. The summed E-state index contributed by atoms with van der Waals surface area (Å²) in [4.78, 5) is 35.3. The number of halogens is 1. The molecule has 0 unspecified atom stereocenters. The molecule has 1 aromatic heterocycles. The predicted octanol–water partition coefficient (Wildman–Crippen LogP) is 2.44. The van der Waals surface area contributed by atoms with Crippen LogP contribution in [-0.4, -0.2) is 24.3 Å². The maximum Gasteiger partial charge on any atom is 0.287 e. The maximum atomic E-state index is 11.8. The molecule has 0 aliphatic heterocycles. The molecule has 1 aromatic carbocycles. The average molecular weight is 420 g/mol. The Balaban J connectivity index is 1.39. The Hall–Kier alpha value is -2.61.